The summed E-state index contributed by atoms with van der Waals surface area (Å²) >= 11 is 5.22. The van der Waals surface area contributed by atoms with E-state index in [2.05, 4.69) is 42.8 Å². The van der Waals surface area contributed by atoms with Gasteiger partial charge in [-0.15, -0.1) is 11.3 Å². The summed E-state index contributed by atoms with van der Waals surface area (Å²) in [6, 6.07) is 2.67. The van der Waals surface area contributed by atoms with Gasteiger partial charge in [0.15, 0.2) is 0 Å². The van der Waals surface area contributed by atoms with Crippen molar-refractivity contribution in [3.8, 4) is 0 Å². The second-order valence-electron chi connectivity index (χ2n) is 4.63. The van der Waals surface area contributed by atoms with Crippen molar-refractivity contribution in [3.05, 3.63) is 32.4 Å². The van der Waals surface area contributed by atoms with Crippen LogP contribution in [0.4, 0.5) is 0 Å². The molecule has 1 atom stereocenters. The molecule has 0 amide bonds. The lowest BCUT2D eigenvalue weighted by Gasteiger charge is -2.23. The molecule has 0 saturated heterocycles. The molecule has 1 aliphatic heterocycles. The minimum Gasteiger partial charge on any atom is -0.308 e. The quantitative estimate of drug-likeness (QED) is 0.942. The Morgan fingerprint density at radius 2 is 2.50 bits per heavy atom. The third-order valence-corrected chi connectivity index (χ3v) is 4.73. The van der Waals surface area contributed by atoms with Gasteiger partial charge in [-0.05, 0) is 46.3 Å². The van der Waals surface area contributed by atoms with Gasteiger partial charge in [-0.25, -0.2) is 9.67 Å². The van der Waals surface area contributed by atoms with Crippen molar-refractivity contribution in [1.82, 2.24) is 20.1 Å². The third kappa shape index (κ3) is 2.65. The Balaban J connectivity index is 1.59. The van der Waals surface area contributed by atoms with Crippen molar-refractivity contribution in [2.45, 2.75) is 38.9 Å². The number of hydrogen-bond acceptors (Lipinski definition) is 4. The zero-order chi connectivity index (χ0) is 12.5. The van der Waals surface area contributed by atoms with Crippen LogP contribution in [0.5, 0.6) is 0 Å². The predicted molar refractivity (Wildman–Crippen MR) is 75.7 cm³/mol. The SMILES string of the molecule is Cc1nc2n(n1)CC(NCc1csc(Br)c1)CC2. The van der Waals surface area contributed by atoms with E-state index in [9.17, 15) is 0 Å². The van der Waals surface area contributed by atoms with E-state index in [1.807, 2.05) is 11.6 Å². The number of thiophene rings is 1. The van der Waals surface area contributed by atoms with Crippen LogP contribution in [0.2, 0.25) is 0 Å². The number of nitrogens with one attached hydrogen (secondary N) is 1. The van der Waals surface area contributed by atoms with E-state index >= 15 is 0 Å². The first-order valence-corrected chi connectivity index (χ1v) is 7.74. The second-order valence-corrected chi connectivity index (χ2v) is 6.92. The van der Waals surface area contributed by atoms with E-state index in [-0.39, 0.29) is 0 Å². The highest BCUT2D eigenvalue weighted by Gasteiger charge is 2.20. The van der Waals surface area contributed by atoms with Crippen LogP contribution in [0.15, 0.2) is 15.2 Å². The molecule has 6 heteroatoms. The molecule has 0 aliphatic carbocycles. The average molecular weight is 327 g/mol. The predicted octanol–water partition coefficient (Wildman–Crippen LogP) is 2.52. The number of nitrogens with zero attached hydrogens (tertiary/aromatic N) is 3. The lowest BCUT2D eigenvalue weighted by Crippen LogP contribution is -2.37. The molecule has 0 bridgehead atoms. The van der Waals surface area contributed by atoms with Gasteiger partial charge in [0.05, 0.1) is 10.3 Å². The summed E-state index contributed by atoms with van der Waals surface area (Å²) in [5, 5.41) is 10.2. The zero-order valence-electron chi connectivity index (χ0n) is 10.2. The molecule has 2 aromatic rings. The maximum absolute atomic E-state index is 4.43. The molecule has 1 unspecified atom stereocenters. The topological polar surface area (TPSA) is 42.7 Å². The van der Waals surface area contributed by atoms with Gasteiger partial charge in [0.25, 0.3) is 0 Å². The molecule has 0 aromatic carbocycles. The zero-order valence-corrected chi connectivity index (χ0v) is 12.6. The molecule has 2 aromatic heterocycles. The normalized spacial score (nSPS) is 18.9. The van der Waals surface area contributed by atoms with Crippen LogP contribution in [0.25, 0.3) is 0 Å². The molecule has 1 aliphatic rings. The van der Waals surface area contributed by atoms with Crippen molar-refractivity contribution in [1.29, 1.82) is 0 Å². The number of rotatable bonds is 3. The van der Waals surface area contributed by atoms with Crippen LogP contribution in [0, 0.1) is 6.92 Å². The maximum atomic E-state index is 4.43. The first-order chi connectivity index (χ1) is 8.70. The van der Waals surface area contributed by atoms with Gasteiger partial charge >= 0.3 is 0 Å². The number of aromatic nitrogens is 3. The number of fused-ring (bicyclic) bond motifs is 1. The first-order valence-electron chi connectivity index (χ1n) is 6.07. The van der Waals surface area contributed by atoms with E-state index in [1.165, 1.54) is 9.35 Å². The van der Waals surface area contributed by atoms with Crippen LogP contribution in [-0.4, -0.2) is 20.8 Å². The van der Waals surface area contributed by atoms with Crippen LogP contribution < -0.4 is 5.32 Å². The molecule has 18 heavy (non-hydrogen) atoms. The van der Waals surface area contributed by atoms with Crippen LogP contribution >= 0.6 is 27.3 Å². The van der Waals surface area contributed by atoms with Gasteiger partial charge in [-0.2, -0.15) is 5.10 Å². The molecular formula is C12H15BrN4S. The average Bonchev–Trinajstić information content (AvgIpc) is 2.90. The Morgan fingerprint density at radius 3 is 3.28 bits per heavy atom. The van der Waals surface area contributed by atoms with Crippen molar-refractivity contribution >= 4 is 27.3 Å². The highest BCUT2D eigenvalue weighted by Crippen LogP contribution is 2.21. The van der Waals surface area contributed by atoms with E-state index in [0.29, 0.717) is 6.04 Å². The summed E-state index contributed by atoms with van der Waals surface area (Å²) in [6.45, 7) is 3.81. The van der Waals surface area contributed by atoms with Crippen LogP contribution in [0.3, 0.4) is 0 Å². The number of hydrogen-bond donors (Lipinski definition) is 1. The summed E-state index contributed by atoms with van der Waals surface area (Å²) in [4.78, 5) is 4.43. The van der Waals surface area contributed by atoms with Gasteiger partial charge in [-0.1, -0.05) is 0 Å². The van der Waals surface area contributed by atoms with Gasteiger partial charge < -0.3 is 5.32 Å². The van der Waals surface area contributed by atoms with Gasteiger partial charge in [-0.3, -0.25) is 0 Å². The van der Waals surface area contributed by atoms with Gasteiger partial charge in [0.1, 0.15) is 11.6 Å². The second kappa shape index (κ2) is 5.11. The molecule has 3 rings (SSSR count). The molecule has 0 fully saturated rings. The smallest absolute Gasteiger partial charge is 0.147 e. The summed E-state index contributed by atoms with van der Waals surface area (Å²) < 4.78 is 3.23. The fourth-order valence-electron chi connectivity index (χ4n) is 2.30. The Hall–Kier alpha value is -0.720. The van der Waals surface area contributed by atoms with Crippen molar-refractivity contribution < 1.29 is 0 Å². The molecule has 96 valence electrons. The maximum Gasteiger partial charge on any atom is 0.147 e. The summed E-state index contributed by atoms with van der Waals surface area (Å²) in [7, 11) is 0. The number of aryl methyl sites for hydroxylation is 2. The molecular weight excluding hydrogens is 312 g/mol. The van der Waals surface area contributed by atoms with E-state index < -0.39 is 0 Å². The van der Waals surface area contributed by atoms with E-state index in [4.69, 9.17) is 0 Å². The summed E-state index contributed by atoms with van der Waals surface area (Å²) in [5.41, 5.74) is 1.34. The summed E-state index contributed by atoms with van der Waals surface area (Å²) in [5.74, 6) is 2.01. The molecule has 4 nitrogen and oxygen atoms in total. The monoisotopic (exact) mass is 326 g/mol. The first kappa shape index (κ1) is 12.3. The molecule has 0 spiro atoms. The van der Waals surface area contributed by atoms with Gasteiger partial charge in [0.2, 0.25) is 0 Å². The Labute approximate surface area is 119 Å². The Kier molecular flexibility index (Phi) is 3.50. The van der Waals surface area contributed by atoms with Crippen LogP contribution in [0.1, 0.15) is 23.6 Å². The molecule has 0 saturated carbocycles. The molecule has 3 heterocycles. The lowest BCUT2D eigenvalue weighted by molar-refractivity contribution is 0.358. The highest BCUT2D eigenvalue weighted by molar-refractivity contribution is 9.11. The fourth-order valence-corrected chi connectivity index (χ4v) is 3.51. The fraction of sp³-hybridized carbons (Fsp3) is 0.500. The largest absolute Gasteiger partial charge is 0.308 e. The van der Waals surface area contributed by atoms with Crippen LogP contribution in [-0.2, 0) is 19.5 Å². The highest BCUT2D eigenvalue weighted by atomic mass is 79.9. The van der Waals surface area contributed by atoms with Crippen molar-refractivity contribution in [3.63, 3.8) is 0 Å². The van der Waals surface area contributed by atoms with Gasteiger partial charge in [0, 0.05) is 19.0 Å². The number of halogens is 1. The third-order valence-electron chi connectivity index (χ3n) is 3.18. The van der Waals surface area contributed by atoms with Crippen molar-refractivity contribution in [2.24, 2.45) is 0 Å². The molecule has 0 radical (unpaired) electrons. The van der Waals surface area contributed by atoms with E-state index in [0.717, 1.165) is 37.6 Å². The summed E-state index contributed by atoms with van der Waals surface area (Å²) in [6.07, 6.45) is 2.16. The molecule has 1 N–H and O–H groups in total. The van der Waals surface area contributed by atoms with Crippen molar-refractivity contribution in [2.75, 3.05) is 0 Å². The minimum atomic E-state index is 0.497. The standard InChI is InChI=1S/C12H15BrN4S/c1-8-15-12-3-2-10(6-17(12)16-8)14-5-9-4-11(13)18-7-9/h4,7,10,14H,2-3,5-6H2,1H3. The minimum absolute atomic E-state index is 0.497. The lowest BCUT2D eigenvalue weighted by atomic mass is 10.1. The Bertz CT molecular complexity index is 548. The van der Waals surface area contributed by atoms with E-state index in [1.54, 1.807) is 11.3 Å². The Morgan fingerprint density at radius 1 is 1.61 bits per heavy atom.